The van der Waals surface area contributed by atoms with Crippen LogP contribution in [-0.4, -0.2) is 57.9 Å². The highest BCUT2D eigenvalue weighted by atomic mass is 16.6. The number of carbonyl (C=O) groups is 3. The van der Waals surface area contributed by atoms with Crippen LogP contribution in [0.25, 0.3) is 0 Å². The van der Waals surface area contributed by atoms with E-state index < -0.39 is 47.6 Å². The Hall–Kier alpha value is -2.09. The van der Waals surface area contributed by atoms with Crippen LogP contribution in [0.1, 0.15) is 27.7 Å². The zero-order chi connectivity index (χ0) is 16.4. The van der Waals surface area contributed by atoms with Gasteiger partial charge in [-0.1, -0.05) is 0 Å². The van der Waals surface area contributed by atoms with Gasteiger partial charge in [0.1, 0.15) is 17.4 Å². The van der Waals surface area contributed by atoms with Crippen molar-refractivity contribution in [2.75, 3.05) is 13.2 Å². The van der Waals surface area contributed by atoms with E-state index in [4.69, 9.17) is 4.74 Å². The van der Waals surface area contributed by atoms with Crippen molar-refractivity contribution in [3.8, 4) is 0 Å². The molecule has 0 bridgehead atoms. The molecule has 1 atom stereocenters. The molecule has 0 saturated carbocycles. The number of carbonyl (C=O) groups excluding carboxylic acids is 3. The van der Waals surface area contributed by atoms with E-state index in [1.165, 1.54) is 6.92 Å². The molecule has 8 heteroatoms. The molecule has 0 aromatic rings. The highest BCUT2D eigenvalue weighted by Gasteiger charge is 2.47. The number of imide groups is 1. The summed E-state index contributed by atoms with van der Waals surface area (Å²) in [6.45, 7) is 5.58. The van der Waals surface area contributed by atoms with Crippen LogP contribution in [0.2, 0.25) is 0 Å². The molecule has 1 aliphatic rings. The van der Waals surface area contributed by atoms with Gasteiger partial charge in [-0.3, -0.25) is 4.79 Å². The Bertz CT molecular complexity index is 489. The summed E-state index contributed by atoms with van der Waals surface area (Å²) in [5, 5.41) is 19.1. The molecule has 1 rings (SSSR count). The van der Waals surface area contributed by atoms with Crippen molar-refractivity contribution in [3.63, 3.8) is 0 Å². The second-order valence-electron chi connectivity index (χ2n) is 5.33. The molecule has 118 valence electrons. The van der Waals surface area contributed by atoms with Crippen molar-refractivity contribution in [1.29, 1.82) is 0 Å². The lowest BCUT2D eigenvalue weighted by molar-refractivity contribution is -0.141. The third-order valence-electron chi connectivity index (χ3n) is 2.56. The Kier molecular flexibility index (Phi) is 4.95. The van der Waals surface area contributed by atoms with Crippen LogP contribution >= 0.6 is 0 Å². The Morgan fingerprint density at radius 3 is 2.33 bits per heavy atom. The minimum atomic E-state index is -1.35. The van der Waals surface area contributed by atoms with Crippen molar-refractivity contribution < 1.29 is 34.1 Å². The number of amides is 2. The molecule has 0 unspecified atom stereocenters. The summed E-state index contributed by atoms with van der Waals surface area (Å²) in [7, 11) is 0. The molecule has 8 nitrogen and oxygen atoms in total. The maximum atomic E-state index is 12.1. The maximum Gasteiger partial charge on any atom is 0.418 e. The van der Waals surface area contributed by atoms with Gasteiger partial charge in [0.2, 0.25) is 0 Å². The molecule has 0 radical (unpaired) electrons. The summed E-state index contributed by atoms with van der Waals surface area (Å²) in [4.78, 5) is 36.3. The first kappa shape index (κ1) is 17.0. The Balaban J connectivity index is 3.08. The lowest BCUT2D eigenvalue weighted by atomic mass is 10.2. The summed E-state index contributed by atoms with van der Waals surface area (Å²) in [6, 6.07) is -1.35. The zero-order valence-electron chi connectivity index (χ0n) is 12.4. The van der Waals surface area contributed by atoms with Gasteiger partial charge >= 0.3 is 12.1 Å². The van der Waals surface area contributed by atoms with Crippen molar-refractivity contribution >= 4 is 18.0 Å². The van der Waals surface area contributed by atoms with Crippen LogP contribution in [0.15, 0.2) is 11.3 Å². The number of rotatable bonds is 3. The Labute approximate surface area is 121 Å². The first-order chi connectivity index (χ1) is 9.64. The summed E-state index contributed by atoms with van der Waals surface area (Å²) >= 11 is 0. The second kappa shape index (κ2) is 6.13. The fourth-order valence-corrected chi connectivity index (χ4v) is 1.74. The van der Waals surface area contributed by atoms with E-state index >= 15 is 0 Å². The highest BCUT2D eigenvalue weighted by Crippen LogP contribution is 2.27. The highest BCUT2D eigenvalue weighted by molar-refractivity contribution is 6.22. The minimum Gasteiger partial charge on any atom is -0.509 e. The summed E-state index contributed by atoms with van der Waals surface area (Å²) in [6.07, 6.45) is -1.06. The van der Waals surface area contributed by atoms with E-state index in [0.717, 1.165) is 0 Å². The molecule has 0 aromatic carbocycles. The molecular formula is C13H19NO7. The van der Waals surface area contributed by atoms with Crippen LogP contribution in [-0.2, 0) is 19.1 Å². The van der Waals surface area contributed by atoms with Crippen LogP contribution in [0.3, 0.4) is 0 Å². The van der Waals surface area contributed by atoms with Crippen LogP contribution in [0.4, 0.5) is 4.79 Å². The molecular weight excluding hydrogens is 282 g/mol. The van der Waals surface area contributed by atoms with E-state index in [-0.39, 0.29) is 6.61 Å². The van der Waals surface area contributed by atoms with E-state index in [0.29, 0.717) is 4.90 Å². The number of ether oxygens (including phenoxy) is 2. The third kappa shape index (κ3) is 3.52. The van der Waals surface area contributed by atoms with Crippen molar-refractivity contribution in [2.45, 2.75) is 39.3 Å². The van der Waals surface area contributed by atoms with Crippen molar-refractivity contribution in [1.82, 2.24) is 4.90 Å². The zero-order valence-corrected chi connectivity index (χ0v) is 12.4. The lowest BCUT2D eigenvalue weighted by Gasteiger charge is -2.26. The summed E-state index contributed by atoms with van der Waals surface area (Å²) in [5.74, 6) is -2.81. The maximum absolute atomic E-state index is 12.1. The summed E-state index contributed by atoms with van der Waals surface area (Å²) < 4.78 is 9.68. The van der Waals surface area contributed by atoms with E-state index in [1.54, 1.807) is 20.8 Å². The van der Waals surface area contributed by atoms with Crippen molar-refractivity contribution in [2.24, 2.45) is 0 Å². The Morgan fingerprint density at radius 2 is 1.90 bits per heavy atom. The molecule has 0 saturated heterocycles. The fourth-order valence-electron chi connectivity index (χ4n) is 1.74. The van der Waals surface area contributed by atoms with Crippen molar-refractivity contribution in [3.05, 3.63) is 11.3 Å². The largest absolute Gasteiger partial charge is 0.509 e. The average molecular weight is 301 g/mol. The molecule has 0 spiro atoms. The third-order valence-corrected chi connectivity index (χ3v) is 2.56. The normalized spacial score (nSPS) is 19.0. The molecule has 2 N–H and O–H groups in total. The predicted molar refractivity (Wildman–Crippen MR) is 70.2 cm³/mol. The Morgan fingerprint density at radius 1 is 1.33 bits per heavy atom. The number of hydrogen-bond donors (Lipinski definition) is 2. The molecule has 0 aromatic heterocycles. The molecule has 1 heterocycles. The van der Waals surface area contributed by atoms with Gasteiger partial charge in [0.25, 0.3) is 5.91 Å². The quantitative estimate of drug-likeness (QED) is 0.576. The number of hydrogen-bond acceptors (Lipinski definition) is 7. The number of esters is 1. The van der Waals surface area contributed by atoms with Crippen LogP contribution in [0, 0.1) is 0 Å². The van der Waals surface area contributed by atoms with Gasteiger partial charge in [0, 0.05) is 0 Å². The van der Waals surface area contributed by atoms with Gasteiger partial charge < -0.3 is 19.7 Å². The number of nitrogens with zero attached hydrogens (tertiary/aromatic N) is 1. The smallest absolute Gasteiger partial charge is 0.418 e. The molecule has 0 fully saturated rings. The fraction of sp³-hybridized carbons (Fsp3) is 0.615. The monoisotopic (exact) mass is 301 g/mol. The standard InChI is InChI=1S/C13H19NO7/c1-5-20-11(18)8-9(16)7(6-15)14(10(8)17)12(19)21-13(2,3)4/h7,15-16H,5-6H2,1-4H3/t7-/m0/s1. The van der Waals surface area contributed by atoms with Crippen LogP contribution < -0.4 is 0 Å². The number of aliphatic hydroxyl groups excluding tert-OH is 2. The second-order valence-corrected chi connectivity index (χ2v) is 5.33. The van der Waals surface area contributed by atoms with Gasteiger partial charge in [-0.05, 0) is 27.7 Å². The molecule has 0 aliphatic carbocycles. The first-order valence-electron chi connectivity index (χ1n) is 6.41. The minimum absolute atomic E-state index is 0.000870. The van der Waals surface area contributed by atoms with Gasteiger partial charge in [-0.2, -0.15) is 0 Å². The van der Waals surface area contributed by atoms with Gasteiger partial charge in [0.15, 0.2) is 5.57 Å². The van der Waals surface area contributed by atoms with E-state index in [2.05, 4.69) is 4.74 Å². The topological polar surface area (TPSA) is 113 Å². The van der Waals surface area contributed by atoms with Gasteiger partial charge in [-0.25, -0.2) is 14.5 Å². The molecule has 21 heavy (non-hydrogen) atoms. The predicted octanol–water partition coefficient (Wildman–Crippen LogP) is 0.500. The van der Waals surface area contributed by atoms with Gasteiger partial charge in [-0.15, -0.1) is 0 Å². The van der Waals surface area contributed by atoms with E-state index in [1.807, 2.05) is 0 Å². The average Bonchev–Trinajstić information content (AvgIpc) is 2.58. The first-order valence-corrected chi connectivity index (χ1v) is 6.41. The summed E-state index contributed by atoms with van der Waals surface area (Å²) in [5.41, 5.74) is -1.54. The van der Waals surface area contributed by atoms with Crippen LogP contribution in [0.5, 0.6) is 0 Å². The SMILES string of the molecule is CCOC(=O)C1=C(O)[C@H](CO)N(C(=O)OC(C)(C)C)C1=O. The molecule has 2 amide bonds. The van der Waals surface area contributed by atoms with E-state index in [9.17, 15) is 24.6 Å². The lowest BCUT2D eigenvalue weighted by Crippen LogP contribution is -2.45. The molecule has 1 aliphatic heterocycles. The number of aliphatic hydroxyl groups is 2. The van der Waals surface area contributed by atoms with Gasteiger partial charge in [0.05, 0.1) is 13.2 Å².